The van der Waals surface area contributed by atoms with E-state index in [-0.39, 0.29) is 18.8 Å². The number of carbonyl (C=O) groups excluding carboxylic acids is 1. The van der Waals surface area contributed by atoms with Crippen molar-refractivity contribution in [1.29, 1.82) is 5.26 Å². The minimum absolute atomic E-state index is 0.0253. The molecule has 0 fully saturated rings. The Labute approximate surface area is 107 Å². The third-order valence-corrected chi connectivity index (χ3v) is 2.54. The number of nitriles is 1. The Morgan fingerprint density at radius 2 is 1.89 bits per heavy atom. The van der Waals surface area contributed by atoms with Crippen LogP contribution < -0.4 is 5.32 Å². The third-order valence-electron chi connectivity index (χ3n) is 2.54. The second-order valence-electron chi connectivity index (χ2n) is 4.81. The Morgan fingerprint density at radius 3 is 2.28 bits per heavy atom. The highest BCUT2D eigenvalue weighted by Crippen LogP contribution is 2.10. The molecule has 102 valence electrons. The lowest BCUT2D eigenvalue weighted by Crippen LogP contribution is -2.49. The Balaban J connectivity index is 4.55. The topological polar surface area (TPSA) is 110 Å². The standard InChI is InChI=1S/C12H20N2O4/c1-7(2)6-9(15)11(16)14-10(12(17)18)8(3)4-5-13/h7-10,15H,4,6H2,1-3H3,(H,14,16)(H,17,18)/t8-,9+,10+/m0/s1. The summed E-state index contributed by atoms with van der Waals surface area (Å²) in [4.78, 5) is 22.6. The van der Waals surface area contributed by atoms with Gasteiger partial charge >= 0.3 is 5.97 Å². The molecule has 6 heteroatoms. The summed E-state index contributed by atoms with van der Waals surface area (Å²) in [6.07, 6.45) is -0.927. The monoisotopic (exact) mass is 256 g/mol. The van der Waals surface area contributed by atoms with Gasteiger partial charge in [-0.2, -0.15) is 5.26 Å². The largest absolute Gasteiger partial charge is 0.480 e. The number of nitrogens with one attached hydrogen (secondary N) is 1. The fourth-order valence-electron chi connectivity index (χ4n) is 1.51. The average Bonchev–Trinajstić information content (AvgIpc) is 2.24. The molecule has 0 saturated carbocycles. The van der Waals surface area contributed by atoms with Crippen molar-refractivity contribution in [3.63, 3.8) is 0 Å². The van der Waals surface area contributed by atoms with Crippen LogP contribution in [0.3, 0.4) is 0 Å². The van der Waals surface area contributed by atoms with E-state index in [4.69, 9.17) is 10.4 Å². The summed E-state index contributed by atoms with van der Waals surface area (Å²) < 4.78 is 0. The van der Waals surface area contributed by atoms with Gasteiger partial charge in [-0.25, -0.2) is 4.79 Å². The molecule has 18 heavy (non-hydrogen) atoms. The number of carbonyl (C=O) groups is 2. The van der Waals surface area contributed by atoms with Crippen molar-refractivity contribution in [2.24, 2.45) is 11.8 Å². The van der Waals surface area contributed by atoms with Crippen LogP contribution in [0.4, 0.5) is 0 Å². The van der Waals surface area contributed by atoms with Gasteiger partial charge in [0, 0.05) is 12.3 Å². The van der Waals surface area contributed by atoms with Crippen molar-refractivity contribution in [2.75, 3.05) is 0 Å². The lowest BCUT2D eigenvalue weighted by atomic mass is 9.98. The first-order chi connectivity index (χ1) is 8.29. The van der Waals surface area contributed by atoms with E-state index in [1.54, 1.807) is 6.92 Å². The van der Waals surface area contributed by atoms with Gasteiger partial charge in [-0.1, -0.05) is 20.8 Å². The van der Waals surface area contributed by atoms with E-state index in [2.05, 4.69) is 5.32 Å². The molecule has 0 aromatic heterocycles. The number of aliphatic hydroxyl groups excluding tert-OH is 1. The van der Waals surface area contributed by atoms with Gasteiger partial charge in [0.15, 0.2) is 0 Å². The maximum absolute atomic E-state index is 11.6. The van der Waals surface area contributed by atoms with Crippen LogP contribution in [0.25, 0.3) is 0 Å². The zero-order valence-corrected chi connectivity index (χ0v) is 10.9. The van der Waals surface area contributed by atoms with Crippen molar-refractivity contribution >= 4 is 11.9 Å². The number of rotatable bonds is 7. The molecule has 3 atom stereocenters. The molecule has 0 aliphatic heterocycles. The maximum atomic E-state index is 11.6. The van der Waals surface area contributed by atoms with Gasteiger partial charge < -0.3 is 15.5 Å². The minimum atomic E-state index is -1.22. The average molecular weight is 256 g/mol. The smallest absolute Gasteiger partial charge is 0.326 e. The van der Waals surface area contributed by atoms with E-state index < -0.39 is 29.9 Å². The second kappa shape index (κ2) is 7.67. The minimum Gasteiger partial charge on any atom is -0.480 e. The summed E-state index contributed by atoms with van der Waals surface area (Å²) in [5.74, 6) is -2.29. The number of nitrogens with zero attached hydrogens (tertiary/aromatic N) is 1. The summed E-state index contributed by atoms with van der Waals surface area (Å²) in [6.45, 7) is 5.27. The molecular formula is C12H20N2O4. The quantitative estimate of drug-likeness (QED) is 0.614. The van der Waals surface area contributed by atoms with Crippen LogP contribution in [0.2, 0.25) is 0 Å². The normalized spacial score (nSPS) is 15.6. The molecule has 0 heterocycles. The Morgan fingerprint density at radius 1 is 1.33 bits per heavy atom. The van der Waals surface area contributed by atoms with E-state index in [0.29, 0.717) is 0 Å². The van der Waals surface area contributed by atoms with E-state index in [1.807, 2.05) is 19.9 Å². The Hall–Kier alpha value is -1.61. The highest BCUT2D eigenvalue weighted by molar-refractivity contribution is 5.86. The van der Waals surface area contributed by atoms with Gasteiger partial charge in [-0.3, -0.25) is 4.79 Å². The zero-order valence-electron chi connectivity index (χ0n) is 10.9. The van der Waals surface area contributed by atoms with Gasteiger partial charge in [0.25, 0.3) is 0 Å². The number of aliphatic hydroxyl groups is 1. The SMILES string of the molecule is CC(C)C[C@@H](O)C(=O)N[C@@H](C(=O)O)[C@@H](C)CC#N. The van der Waals surface area contributed by atoms with Gasteiger partial charge in [-0.05, 0) is 12.3 Å². The first-order valence-corrected chi connectivity index (χ1v) is 5.87. The van der Waals surface area contributed by atoms with Crippen LogP contribution in [0.15, 0.2) is 0 Å². The Bertz CT molecular complexity index is 335. The molecule has 0 aliphatic rings. The third kappa shape index (κ3) is 5.64. The number of carboxylic acids is 1. The van der Waals surface area contributed by atoms with Gasteiger partial charge in [-0.15, -0.1) is 0 Å². The highest BCUT2D eigenvalue weighted by atomic mass is 16.4. The number of hydrogen-bond donors (Lipinski definition) is 3. The Kier molecular flexibility index (Phi) is 6.98. The molecule has 0 spiro atoms. The number of hydrogen-bond acceptors (Lipinski definition) is 4. The molecular weight excluding hydrogens is 236 g/mol. The van der Waals surface area contributed by atoms with Gasteiger partial charge in [0.05, 0.1) is 6.07 Å². The van der Waals surface area contributed by atoms with Crippen molar-refractivity contribution in [3.8, 4) is 6.07 Å². The molecule has 3 N–H and O–H groups in total. The summed E-state index contributed by atoms with van der Waals surface area (Å²) in [7, 11) is 0. The van der Waals surface area contributed by atoms with E-state index in [1.165, 1.54) is 0 Å². The molecule has 0 aliphatic carbocycles. The maximum Gasteiger partial charge on any atom is 0.326 e. The van der Waals surface area contributed by atoms with Crippen LogP contribution in [0.5, 0.6) is 0 Å². The van der Waals surface area contributed by atoms with Crippen LogP contribution in [-0.2, 0) is 9.59 Å². The van der Waals surface area contributed by atoms with Crippen LogP contribution >= 0.6 is 0 Å². The molecule has 0 rings (SSSR count). The molecule has 0 aromatic carbocycles. The van der Waals surface area contributed by atoms with E-state index >= 15 is 0 Å². The number of carboxylic acid groups (broad SMARTS) is 1. The van der Waals surface area contributed by atoms with Crippen molar-refractivity contribution in [2.45, 2.75) is 45.8 Å². The van der Waals surface area contributed by atoms with Gasteiger partial charge in [0.2, 0.25) is 5.91 Å². The van der Waals surface area contributed by atoms with E-state index in [9.17, 15) is 14.7 Å². The van der Waals surface area contributed by atoms with Crippen LogP contribution in [0.1, 0.15) is 33.6 Å². The fraction of sp³-hybridized carbons (Fsp3) is 0.750. The lowest BCUT2D eigenvalue weighted by Gasteiger charge is -2.21. The summed E-state index contributed by atoms with van der Waals surface area (Å²) in [5, 5.41) is 29.3. The second-order valence-corrected chi connectivity index (χ2v) is 4.81. The number of amides is 1. The summed E-state index contributed by atoms with van der Waals surface area (Å²) in [5.41, 5.74) is 0. The molecule has 6 nitrogen and oxygen atoms in total. The molecule has 0 bridgehead atoms. The first-order valence-electron chi connectivity index (χ1n) is 5.87. The van der Waals surface area contributed by atoms with Crippen molar-refractivity contribution in [1.82, 2.24) is 5.32 Å². The summed E-state index contributed by atoms with van der Waals surface area (Å²) >= 11 is 0. The molecule has 1 amide bonds. The van der Waals surface area contributed by atoms with Gasteiger partial charge in [0.1, 0.15) is 12.1 Å². The predicted molar refractivity (Wildman–Crippen MR) is 64.4 cm³/mol. The molecule has 0 unspecified atom stereocenters. The predicted octanol–water partition coefficient (Wildman–Crippen LogP) is 0.513. The first kappa shape index (κ1) is 16.4. The van der Waals surface area contributed by atoms with E-state index in [0.717, 1.165) is 0 Å². The number of aliphatic carboxylic acids is 1. The van der Waals surface area contributed by atoms with Crippen LogP contribution in [0, 0.1) is 23.2 Å². The highest BCUT2D eigenvalue weighted by Gasteiger charge is 2.28. The van der Waals surface area contributed by atoms with Crippen molar-refractivity contribution < 1.29 is 19.8 Å². The molecule has 0 aromatic rings. The molecule has 0 radical (unpaired) electrons. The van der Waals surface area contributed by atoms with Crippen molar-refractivity contribution in [3.05, 3.63) is 0 Å². The fourth-order valence-corrected chi connectivity index (χ4v) is 1.51. The lowest BCUT2D eigenvalue weighted by molar-refractivity contribution is -0.145. The van der Waals surface area contributed by atoms with Crippen LogP contribution in [-0.4, -0.2) is 34.2 Å². The summed E-state index contributed by atoms with van der Waals surface area (Å²) in [6, 6.07) is 0.707. The molecule has 0 saturated heterocycles. The zero-order chi connectivity index (χ0) is 14.3.